The van der Waals surface area contributed by atoms with Crippen LogP contribution in [0.1, 0.15) is 19.4 Å². The van der Waals surface area contributed by atoms with Gasteiger partial charge >= 0.3 is 0 Å². The summed E-state index contributed by atoms with van der Waals surface area (Å²) in [7, 11) is 0. The Morgan fingerprint density at radius 2 is 2.31 bits per heavy atom. The van der Waals surface area contributed by atoms with E-state index in [0.29, 0.717) is 22.9 Å². The van der Waals surface area contributed by atoms with Crippen molar-refractivity contribution in [1.82, 2.24) is 4.98 Å². The third-order valence-electron chi connectivity index (χ3n) is 2.17. The Morgan fingerprint density at radius 1 is 1.62 bits per heavy atom. The number of hydrogen-bond acceptors (Lipinski definition) is 4. The van der Waals surface area contributed by atoms with E-state index in [2.05, 4.69) is 10.3 Å². The average molecular weight is 240 g/mol. The predicted molar refractivity (Wildman–Crippen MR) is 63.3 cm³/mol. The minimum Gasteiger partial charge on any atom is -0.396 e. The molecule has 0 spiro atoms. The van der Waals surface area contributed by atoms with E-state index in [1.807, 2.05) is 19.9 Å². The van der Waals surface area contributed by atoms with Crippen molar-refractivity contribution in [3.05, 3.63) is 22.8 Å². The molecule has 0 aliphatic carbocycles. The summed E-state index contributed by atoms with van der Waals surface area (Å²) in [6, 6.07) is 3.55. The molecule has 0 saturated carbocycles. The van der Waals surface area contributed by atoms with Crippen LogP contribution in [0.2, 0.25) is 5.02 Å². The Balaban J connectivity index is 2.80. The number of nitrogens with zero attached hydrogens (tertiary/aromatic N) is 2. The van der Waals surface area contributed by atoms with E-state index in [0.717, 1.165) is 0 Å². The largest absolute Gasteiger partial charge is 0.396 e. The molecule has 1 rings (SSSR count). The smallest absolute Gasteiger partial charge is 0.146 e. The molecule has 86 valence electrons. The number of nitrogens with one attached hydrogen (secondary N) is 1. The number of aromatic nitrogens is 1. The summed E-state index contributed by atoms with van der Waals surface area (Å²) < 4.78 is 0. The van der Waals surface area contributed by atoms with Crippen LogP contribution < -0.4 is 5.32 Å². The van der Waals surface area contributed by atoms with Gasteiger partial charge in [-0.3, -0.25) is 0 Å². The Hall–Kier alpha value is -1.31. The van der Waals surface area contributed by atoms with Gasteiger partial charge < -0.3 is 10.4 Å². The summed E-state index contributed by atoms with van der Waals surface area (Å²) in [5.74, 6) is 0.474. The number of halogens is 1. The third kappa shape index (κ3) is 3.09. The van der Waals surface area contributed by atoms with Gasteiger partial charge in [0.2, 0.25) is 0 Å². The molecule has 2 N–H and O–H groups in total. The van der Waals surface area contributed by atoms with Crippen molar-refractivity contribution in [2.75, 3.05) is 18.5 Å². The lowest BCUT2D eigenvalue weighted by Gasteiger charge is -2.22. The van der Waals surface area contributed by atoms with Crippen LogP contribution in [0.15, 0.2) is 12.3 Å². The van der Waals surface area contributed by atoms with Gasteiger partial charge in [0.15, 0.2) is 0 Å². The first-order chi connectivity index (χ1) is 7.50. The number of hydrogen-bond donors (Lipinski definition) is 2. The molecule has 0 fully saturated rings. The Bertz CT molecular complexity index is 412. The highest BCUT2D eigenvalue weighted by Gasteiger charge is 2.17. The summed E-state index contributed by atoms with van der Waals surface area (Å²) in [5, 5.41) is 21.2. The number of aliphatic hydroxyl groups is 1. The molecule has 0 bridgehead atoms. The lowest BCUT2D eigenvalue weighted by atomic mass is 9.95. The fourth-order valence-electron chi connectivity index (χ4n) is 1.03. The second-order valence-corrected chi connectivity index (χ2v) is 4.69. The van der Waals surface area contributed by atoms with Crippen LogP contribution in [0.25, 0.3) is 0 Å². The summed E-state index contributed by atoms with van der Waals surface area (Å²) in [6.07, 6.45) is 1.53. The van der Waals surface area contributed by atoms with Crippen molar-refractivity contribution >= 4 is 17.4 Å². The van der Waals surface area contributed by atoms with Crippen LogP contribution in [0.5, 0.6) is 0 Å². The summed E-state index contributed by atoms with van der Waals surface area (Å²) in [4.78, 5) is 4.05. The van der Waals surface area contributed by atoms with Gasteiger partial charge in [-0.05, 0) is 6.07 Å². The van der Waals surface area contributed by atoms with E-state index in [1.165, 1.54) is 6.20 Å². The highest BCUT2D eigenvalue weighted by Crippen LogP contribution is 2.24. The fraction of sp³-hybridized carbons (Fsp3) is 0.455. The van der Waals surface area contributed by atoms with Crippen molar-refractivity contribution in [2.24, 2.45) is 5.41 Å². The lowest BCUT2D eigenvalue weighted by molar-refractivity contribution is 0.170. The Labute approximate surface area is 99.9 Å². The normalized spacial score (nSPS) is 10.9. The van der Waals surface area contributed by atoms with Crippen LogP contribution >= 0.6 is 11.6 Å². The first-order valence-corrected chi connectivity index (χ1v) is 5.27. The van der Waals surface area contributed by atoms with Gasteiger partial charge in [0.1, 0.15) is 16.9 Å². The molecule has 0 amide bonds. The summed E-state index contributed by atoms with van der Waals surface area (Å²) >= 11 is 5.97. The van der Waals surface area contributed by atoms with E-state index < -0.39 is 0 Å². The summed E-state index contributed by atoms with van der Waals surface area (Å²) in [5.41, 5.74) is 0.133. The van der Waals surface area contributed by atoms with Gasteiger partial charge in [0, 0.05) is 24.8 Å². The topological polar surface area (TPSA) is 68.9 Å². The standard InChI is InChI=1S/C11H14ClN3O/c1-11(2,7-16)6-15-10-9(12)8(5-13)3-4-14-10/h3-4,16H,6-7H2,1-2H3,(H,14,15). The second kappa shape index (κ2) is 5.15. The SMILES string of the molecule is CC(C)(CO)CNc1nccc(C#N)c1Cl. The molecule has 1 heterocycles. The third-order valence-corrected chi connectivity index (χ3v) is 2.55. The molecular weight excluding hydrogens is 226 g/mol. The van der Waals surface area contributed by atoms with Gasteiger partial charge in [-0.2, -0.15) is 5.26 Å². The number of anilines is 1. The highest BCUT2D eigenvalue weighted by molar-refractivity contribution is 6.34. The van der Waals surface area contributed by atoms with E-state index in [9.17, 15) is 0 Å². The Kier molecular flexibility index (Phi) is 4.11. The van der Waals surface area contributed by atoms with E-state index in [1.54, 1.807) is 6.07 Å². The van der Waals surface area contributed by atoms with Crippen molar-refractivity contribution in [1.29, 1.82) is 5.26 Å². The molecule has 1 aromatic heterocycles. The van der Waals surface area contributed by atoms with Crippen LogP contribution in [0.3, 0.4) is 0 Å². The molecule has 0 radical (unpaired) electrons. The van der Waals surface area contributed by atoms with Crippen LogP contribution in [-0.2, 0) is 0 Å². The maximum Gasteiger partial charge on any atom is 0.146 e. The highest BCUT2D eigenvalue weighted by atomic mass is 35.5. The van der Waals surface area contributed by atoms with Crippen LogP contribution in [-0.4, -0.2) is 23.2 Å². The van der Waals surface area contributed by atoms with Gasteiger partial charge in [0.25, 0.3) is 0 Å². The molecule has 16 heavy (non-hydrogen) atoms. The van der Waals surface area contributed by atoms with E-state index in [4.69, 9.17) is 22.0 Å². The fourth-order valence-corrected chi connectivity index (χ4v) is 1.25. The monoisotopic (exact) mass is 239 g/mol. The molecule has 4 nitrogen and oxygen atoms in total. The Morgan fingerprint density at radius 3 is 2.88 bits per heavy atom. The van der Waals surface area contributed by atoms with Crippen LogP contribution in [0, 0.1) is 16.7 Å². The predicted octanol–water partition coefficient (Wildman–Crippen LogP) is 2.04. The van der Waals surface area contributed by atoms with Gasteiger partial charge in [-0.25, -0.2) is 4.98 Å². The molecule has 0 aliphatic rings. The molecule has 0 unspecified atom stereocenters. The number of aliphatic hydroxyl groups excluding tert-OH is 1. The first kappa shape index (κ1) is 12.8. The van der Waals surface area contributed by atoms with Gasteiger partial charge in [0.05, 0.1) is 5.56 Å². The zero-order chi connectivity index (χ0) is 12.2. The first-order valence-electron chi connectivity index (χ1n) is 4.89. The van der Waals surface area contributed by atoms with Crippen molar-refractivity contribution in [3.8, 4) is 6.07 Å². The number of pyridine rings is 1. The average Bonchev–Trinajstić information content (AvgIpc) is 2.28. The molecule has 1 aromatic rings. The second-order valence-electron chi connectivity index (χ2n) is 4.31. The lowest BCUT2D eigenvalue weighted by Crippen LogP contribution is -2.27. The number of nitriles is 1. The zero-order valence-electron chi connectivity index (χ0n) is 9.29. The summed E-state index contributed by atoms with van der Waals surface area (Å²) in [6.45, 7) is 4.44. The quantitative estimate of drug-likeness (QED) is 0.844. The minimum absolute atomic E-state index is 0.0650. The molecule has 0 aliphatic heterocycles. The molecular formula is C11H14ClN3O. The molecule has 0 atom stereocenters. The van der Waals surface area contributed by atoms with Gasteiger partial charge in [-0.1, -0.05) is 25.4 Å². The maximum absolute atomic E-state index is 9.10. The maximum atomic E-state index is 9.10. The number of rotatable bonds is 4. The molecule has 5 heteroatoms. The van der Waals surface area contributed by atoms with Crippen LogP contribution in [0.4, 0.5) is 5.82 Å². The minimum atomic E-state index is -0.256. The molecule has 0 saturated heterocycles. The zero-order valence-corrected chi connectivity index (χ0v) is 10.0. The van der Waals surface area contributed by atoms with Crippen molar-refractivity contribution in [3.63, 3.8) is 0 Å². The van der Waals surface area contributed by atoms with Crippen molar-refractivity contribution in [2.45, 2.75) is 13.8 Å². The van der Waals surface area contributed by atoms with E-state index in [-0.39, 0.29) is 12.0 Å². The van der Waals surface area contributed by atoms with Crippen molar-refractivity contribution < 1.29 is 5.11 Å². The van der Waals surface area contributed by atoms with E-state index >= 15 is 0 Å². The van der Waals surface area contributed by atoms with Gasteiger partial charge in [-0.15, -0.1) is 0 Å². The molecule has 0 aromatic carbocycles.